The molecule has 1 aliphatic rings. The van der Waals surface area contributed by atoms with Crippen LogP contribution in [0.4, 0.5) is 10.1 Å². The summed E-state index contributed by atoms with van der Waals surface area (Å²) >= 11 is 0. The number of anilines is 1. The highest BCUT2D eigenvalue weighted by molar-refractivity contribution is 6.02. The van der Waals surface area contributed by atoms with Crippen molar-refractivity contribution in [3.8, 4) is 0 Å². The van der Waals surface area contributed by atoms with Gasteiger partial charge in [0.2, 0.25) is 0 Å². The molecule has 0 unspecified atom stereocenters. The van der Waals surface area contributed by atoms with E-state index in [9.17, 15) is 18.8 Å². The molecule has 8 heteroatoms. The van der Waals surface area contributed by atoms with Gasteiger partial charge in [-0.25, -0.2) is 14.0 Å². The number of amides is 1. The van der Waals surface area contributed by atoms with E-state index in [1.807, 2.05) is 0 Å². The Morgan fingerprint density at radius 3 is 2.68 bits per heavy atom. The third kappa shape index (κ3) is 3.05. The summed E-state index contributed by atoms with van der Waals surface area (Å²) < 4.78 is 22.6. The van der Waals surface area contributed by atoms with Gasteiger partial charge >= 0.3 is 11.9 Å². The summed E-state index contributed by atoms with van der Waals surface area (Å²) in [6.45, 7) is 0.184. The molecule has 0 aliphatic carbocycles. The molecule has 0 fully saturated rings. The zero-order valence-corrected chi connectivity index (χ0v) is 11.9. The molecule has 1 aromatic rings. The quantitative estimate of drug-likeness (QED) is 0.628. The van der Waals surface area contributed by atoms with Gasteiger partial charge in [-0.1, -0.05) is 0 Å². The lowest BCUT2D eigenvalue weighted by Crippen LogP contribution is -2.16. The number of ether oxygens (including phenoxy) is 2. The smallest absolute Gasteiger partial charge is 0.354 e. The van der Waals surface area contributed by atoms with Crippen molar-refractivity contribution in [2.75, 3.05) is 19.5 Å². The summed E-state index contributed by atoms with van der Waals surface area (Å²) in [7, 11) is 2.28. The summed E-state index contributed by atoms with van der Waals surface area (Å²) in [4.78, 5) is 34.6. The predicted octanol–water partition coefficient (Wildman–Crippen LogP) is 0.711. The van der Waals surface area contributed by atoms with Crippen molar-refractivity contribution in [3.63, 3.8) is 0 Å². The molecule has 0 saturated heterocycles. The van der Waals surface area contributed by atoms with Gasteiger partial charge in [0.25, 0.3) is 5.91 Å². The van der Waals surface area contributed by atoms with Crippen LogP contribution >= 0.6 is 0 Å². The molecule has 116 valence electrons. The molecule has 0 saturated carbocycles. The lowest BCUT2D eigenvalue weighted by Gasteiger charge is -2.12. The van der Waals surface area contributed by atoms with E-state index >= 15 is 0 Å². The number of methoxy groups -OCH3 is 2. The van der Waals surface area contributed by atoms with Crippen LogP contribution in [0.15, 0.2) is 23.9 Å². The fourth-order valence-corrected chi connectivity index (χ4v) is 1.98. The Balaban J connectivity index is 2.41. The van der Waals surface area contributed by atoms with Crippen molar-refractivity contribution < 1.29 is 28.2 Å². The van der Waals surface area contributed by atoms with E-state index in [1.165, 1.54) is 0 Å². The summed E-state index contributed by atoms with van der Waals surface area (Å²) in [5.74, 6) is -2.68. The molecule has 0 radical (unpaired) electrons. The minimum Gasteiger partial charge on any atom is -0.466 e. The second-order valence-electron chi connectivity index (χ2n) is 4.36. The number of esters is 2. The zero-order chi connectivity index (χ0) is 16.3. The molecule has 0 aromatic heterocycles. The van der Waals surface area contributed by atoms with E-state index < -0.39 is 23.7 Å². The number of rotatable bonds is 4. The topological polar surface area (TPSA) is 93.7 Å². The van der Waals surface area contributed by atoms with Crippen LogP contribution in [-0.4, -0.2) is 32.1 Å². The van der Waals surface area contributed by atoms with Gasteiger partial charge in [0.15, 0.2) is 0 Å². The number of benzene rings is 1. The second kappa shape index (κ2) is 6.25. The first-order chi connectivity index (χ1) is 10.5. The van der Waals surface area contributed by atoms with Crippen LogP contribution in [0, 0.1) is 5.82 Å². The van der Waals surface area contributed by atoms with Crippen molar-refractivity contribution in [2.45, 2.75) is 6.54 Å². The SMILES string of the molecule is COC(=O)/C=C(/Nc1cc(F)cc2c1CNC2=O)C(=O)OC. The molecule has 1 aliphatic heterocycles. The minimum atomic E-state index is -0.833. The first-order valence-electron chi connectivity index (χ1n) is 6.22. The number of fused-ring (bicyclic) bond motifs is 1. The molecular formula is C14H13FN2O5. The van der Waals surface area contributed by atoms with Crippen LogP contribution in [0.2, 0.25) is 0 Å². The third-order valence-electron chi connectivity index (χ3n) is 3.02. The minimum absolute atomic E-state index is 0.171. The van der Waals surface area contributed by atoms with Crippen molar-refractivity contribution in [2.24, 2.45) is 0 Å². The number of halogens is 1. The maximum atomic E-state index is 13.6. The zero-order valence-electron chi connectivity index (χ0n) is 11.9. The monoisotopic (exact) mass is 308 g/mol. The Labute approximate surface area is 125 Å². The van der Waals surface area contributed by atoms with Crippen LogP contribution in [0.25, 0.3) is 0 Å². The Bertz CT molecular complexity index is 684. The summed E-state index contributed by atoms with van der Waals surface area (Å²) in [5.41, 5.74) is 0.617. The Hall–Kier alpha value is -2.90. The van der Waals surface area contributed by atoms with E-state index in [0.717, 1.165) is 32.4 Å². The van der Waals surface area contributed by atoms with Gasteiger partial charge in [-0.05, 0) is 12.1 Å². The normalized spacial score (nSPS) is 13.2. The lowest BCUT2D eigenvalue weighted by molar-refractivity contribution is -0.138. The number of hydrogen-bond donors (Lipinski definition) is 2. The van der Waals surface area contributed by atoms with Gasteiger partial charge < -0.3 is 20.1 Å². The standard InChI is InChI=1S/C14H13FN2O5/c1-21-12(18)5-11(14(20)22-2)17-10-4-7(15)3-8-9(10)6-16-13(8)19/h3-5,17H,6H2,1-2H3,(H,16,19)/b11-5+. The molecular weight excluding hydrogens is 295 g/mol. The number of hydrogen-bond acceptors (Lipinski definition) is 6. The van der Waals surface area contributed by atoms with E-state index in [2.05, 4.69) is 20.1 Å². The van der Waals surface area contributed by atoms with Gasteiger partial charge in [-0.2, -0.15) is 0 Å². The molecule has 1 amide bonds. The van der Waals surface area contributed by atoms with Gasteiger partial charge in [0.1, 0.15) is 11.5 Å². The Kier molecular flexibility index (Phi) is 4.40. The van der Waals surface area contributed by atoms with E-state index in [-0.39, 0.29) is 23.5 Å². The summed E-state index contributed by atoms with van der Waals surface area (Å²) in [6, 6.07) is 2.22. The van der Waals surface area contributed by atoms with Crippen LogP contribution < -0.4 is 10.6 Å². The molecule has 1 aromatic carbocycles. The molecule has 0 spiro atoms. The maximum absolute atomic E-state index is 13.6. The lowest BCUT2D eigenvalue weighted by atomic mass is 10.1. The van der Waals surface area contributed by atoms with Crippen LogP contribution in [0.5, 0.6) is 0 Å². The number of carbonyl (C=O) groups is 3. The van der Waals surface area contributed by atoms with Gasteiger partial charge in [-0.3, -0.25) is 4.79 Å². The largest absolute Gasteiger partial charge is 0.466 e. The van der Waals surface area contributed by atoms with E-state index in [4.69, 9.17) is 0 Å². The predicted molar refractivity (Wildman–Crippen MR) is 73.3 cm³/mol. The summed E-state index contributed by atoms with van der Waals surface area (Å²) in [5, 5.41) is 5.16. The van der Waals surface area contributed by atoms with E-state index in [1.54, 1.807) is 0 Å². The van der Waals surface area contributed by atoms with Crippen LogP contribution in [-0.2, 0) is 25.6 Å². The Morgan fingerprint density at radius 2 is 2.05 bits per heavy atom. The fraction of sp³-hybridized carbons (Fsp3) is 0.214. The molecule has 1 heterocycles. The number of nitrogens with one attached hydrogen (secondary N) is 2. The molecule has 2 N–H and O–H groups in total. The van der Waals surface area contributed by atoms with Gasteiger partial charge in [0, 0.05) is 23.4 Å². The second-order valence-corrected chi connectivity index (χ2v) is 4.36. The van der Waals surface area contributed by atoms with Crippen molar-refractivity contribution in [1.29, 1.82) is 0 Å². The highest BCUT2D eigenvalue weighted by atomic mass is 19.1. The maximum Gasteiger partial charge on any atom is 0.354 e. The molecule has 0 bridgehead atoms. The van der Waals surface area contributed by atoms with Crippen molar-refractivity contribution >= 4 is 23.5 Å². The first-order valence-corrected chi connectivity index (χ1v) is 6.22. The van der Waals surface area contributed by atoms with Crippen molar-refractivity contribution in [3.05, 3.63) is 40.8 Å². The average Bonchev–Trinajstić information content (AvgIpc) is 2.87. The average molecular weight is 308 g/mol. The third-order valence-corrected chi connectivity index (χ3v) is 3.02. The summed E-state index contributed by atoms with van der Waals surface area (Å²) in [6.07, 6.45) is 0.882. The molecule has 7 nitrogen and oxygen atoms in total. The van der Waals surface area contributed by atoms with E-state index in [0.29, 0.717) is 5.56 Å². The van der Waals surface area contributed by atoms with Crippen molar-refractivity contribution in [1.82, 2.24) is 5.32 Å². The molecule has 2 rings (SSSR count). The molecule has 22 heavy (non-hydrogen) atoms. The number of carbonyl (C=O) groups excluding carboxylic acids is 3. The highest BCUT2D eigenvalue weighted by Crippen LogP contribution is 2.27. The Morgan fingerprint density at radius 1 is 1.32 bits per heavy atom. The first kappa shape index (κ1) is 15.5. The van der Waals surface area contributed by atoms with Crippen LogP contribution in [0.3, 0.4) is 0 Å². The van der Waals surface area contributed by atoms with Gasteiger partial charge in [0.05, 0.1) is 20.3 Å². The highest BCUT2D eigenvalue weighted by Gasteiger charge is 2.24. The van der Waals surface area contributed by atoms with Crippen LogP contribution in [0.1, 0.15) is 15.9 Å². The molecule has 0 atom stereocenters. The fourth-order valence-electron chi connectivity index (χ4n) is 1.98. The van der Waals surface area contributed by atoms with Gasteiger partial charge in [-0.15, -0.1) is 0 Å².